The Kier molecular flexibility index (Phi) is 2.89. The number of benzene rings is 1. The number of phenols is 2. The molecule has 3 N–H and O–H groups in total. The first kappa shape index (κ1) is 11.0. The Hall–Kier alpha value is -2.11. The smallest absolute Gasteiger partial charge is 0.343 e. The molecule has 0 aliphatic carbocycles. The second kappa shape index (κ2) is 3.95. The molecule has 0 spiro atoms. The van der Waals surface area contributed by atoms with E-state index < -0.39 is 23.0 Å². The van der Waals surface area contributed by atoms with E-state index in [9.17, 15) is 15.0 Å². The SMILES string of the molecule is COc1cc(O)c(OC)c(C(=O)O)c1O. The van der Waals surface area contributed by atoms with Gasteiger partial charge in [-0.1, -0.05) is 0 Å². The molecule has 0 saturated heterocycles. The normalized spacial score (nSPS) is 9.73. The highest BCUT2D eigenvalue weighted by molar-refractivity contribution is 5.96. The van der Waals surface area contributed by atoms with E-state index in [4.69, 9.17) is 5.11 Å². The number of carboxylic acids is 1. The molecule has 82 valence electrons. The van der Waals surface area contributed by atoms with Crippen molar-refractivity contribution in [2.45, 2.75) is 0 Å². The van der Waals surface area contributed by atoms with Gasteiger partial charge in [-0.15, -0.1) is 0 Å². The highest BCUT2D eigenvalue weighted by Crippen LogP contribution is 2.42. The average molecular weight is 214 g/mol. The Morgan fingerprint density at radius 3 is 2.27 bits per heavy atom. The predicted molar refractivity (Wildman–Crippen MR) is 49.8 cm³/mol. The Morgan fingerprint density at radius 2 is 1.87 bits per heavy atom. The number of aromatic hydroxyl groups is 2. The second-order valence-corrected chi connectivity index (χ2v) is 2.66. The van der Waals surface area contributed by atoms with Crippen molar-refractivity contribution in [2.75, 3.05) is 14.2 Å². The first-order valence-electron chi connectivity index (χ1n) is 3.93. The van der Waals surface area contributed by atoms with Crippen LogP contribution in [0.25, 0.3) is 0 Å². The zero-order valence-electron chi connectivity index (χ0n) is 8.14. The van der Waals surface area contributed by atoms with Gasteiger partial charge in [0.25, 0.3) is 0 Å². The minimum atomic E-state index is -1.42. The number of carbonyl (C=O) groups is 1. The fourth-order valence-corrected chi connectivity index (χ4v) is 1.18. The van der Waals surface area contributed by atoms with Gasteiger partial charge in [-0.25, -0.2) is 4.79 Å². The molecule has 1 aromatic rings. The highest BCUT2D eigenvalue weighted by Gasteiger charge is 2.24. The predicted octanol–water partition coefficient (Wildman–Crippen LogP) is 0.813. The number of methoxy groups -OCH3 is 2. The summed E-state index contributed by atoms with van der Waals surface area (Å²) in [5.74, 6) is -2.85. The van der Waals surface area contributed by atoms with Crippen LogP contribution in [-0.2, 0) is 0 Å². The standard InChI is InChI=1S/C9H10O6/c1-14-5-3-4(10)8(15-2)6(7(5)11)9(12)13/h3,10-11H,1-2H3,(H,12,13). The lowest BCUT2D eigenvalue weighted by molar-refractivity contribution is 0.0688. The summed E-state index contributed by atoms with van der Waals surface area (Å²) in [6.45, 7) is 0. The largest absolute Gasteiger partial charge is 0.504 e. The van der Waals surface area contributed by atoms with Gasteiger partial charge in [0.05, 0.1) is 14.2 Å². The van der Waals surface area contributed by atoms with E-state index >= 15 is 0 Å². The average Bonchev–Trinajstić information content (AvgIpc) is 2.19. The van der Waals surface area contributed by atoms with Crippen LogP contribution in [0.2, 0.25) is 0 Å². The van der Waals surface area contributed by atoms with E-state index in [-0.39, 0.29) is 11.5 Å². The molecule has 0 aliphatic heterocycles. The lowest BCUT2D eigenvalue weighted by Crippen LogP contribution is -2.02. The maximum absolute atomic E-state index is 10.8. The van der Waals surface area contributed by atoms with E-state index in [0.29, 0.717) is 0 Å². The molecule has 15 heavy (non-hydrogen) atoms. The molecule has 0 fully saturated rings. The molecular formula is C9H10O6. The molecule has 0 aromatic heterocycles. The van der Waals surface area contributed by atoms with E-state index in [2.05, 4.69) is 9.47 Å². The van der Waals surface area contributed by atoms with Crippen molar-refractivity contribution in [1.82, 2.24) is 0 Å². The van der Waals surface area contributed by atoms with Gasteiger partial charge in [0.15, 0.2) is 28.6 Å². The lowest BCUT2D eigenvalue weighted by Gasteiger charge is -2.11. The summed E-state index contributed by atoms with van der Waals surface area (Å²) in [5.41, 5.74) is -0.533. The molecule has 0 atom stereocenters. The first-order valence-corrected chi connectivity index (χ1v) is 3.93. The summed E-state index contributed by atoms with van der Waals surface area (Å²) in [6, 6.07) is 1.07. The van der Waals surface area contributed by atoms with Crippen molar-refractivity contribution >= 4 is 5.97 Å². The minimum Gasteiger partial charge on any atom is -0.504 e. The third-order valence-corrected chi connectivity index (χ3v) is 1.84. The lowest BCUT2D eigenvalue weighted by atomic mass is 10.1. The van der Waals surface area contributed by atoms with Crippen LogP contribution in [0.4, 0.5) is 0 Å². The van der Waals surface area contributed by atoms with Crippen molar-refractivity contribution in [3.05, 3.63) is 11.6 Å². The number of hydrogen-bond donors (Lipinski definition) is 3. The molecule has 6 heteroatoms. The van der Waals surface area contributed by atoms with Crippen LogP contribution in [-0.4, -0.2) is 35.5 Å². The van der Waals surface area contributed by atoms with Crippen LogP contribution in [0.3, 0.4) is 0 Å². The highest BCUT2D eigenvalue weighted by atomic mass is 16.5. The summed E-state index contributed by atoms with van der Waals surface area (Å²) in [6.07, 6.45) is 0. The van der Waals surface area contributed by atoms with Gasteiger partial charge in [-0.2, -0.15) is 0 Å². The first-order chi connectivity index (χ1) is 7.02. The Morgan fingerprint density at radius 1 is 1.27 bits per heavy atom. The number of rotatable bonds is 3. The molecule has 0 unspecified atom stereocenters. The number of carboxylic acid groups (broad SMARTS) is 1. The third-order valence-electron chi connectivity index (χ3n) is 1.84. The summed E-state index contributed by atoms with van der Waals surface area (Å²) >= 11 is 0. The maximum atomic E-state index is 10.8. The van der Waals surface area contributed by atoms with Crippen molar-refractivity contribution in [3.8, 4) is 23.0 Å². The van der Waals surface area contributed by atoms with Gasteiger partial charge in [-0.05, 0) is 0 Å². The molecule has 0 bridgehead atoms. The van der Waals surface area contributed by atoms with Gasteiger partial charge in [0.2, 0.25) is 0 Å². The van der Waals surface area contributed by atoms with Gasteiger partial charge >= 0.3 is 5.97 Å². The monoisotopic (exact) mass is 214 g/mol. The van der Waals surface area contributed by atoms with Crippen LogP contribution >= 0.6 is 0 Å². The third kappa shape index (κ3) is 1.74. The molecule has 0 saturated carbocycles. The van der Waals surface area contributed by atoms with E-state index in [0.717, 1.165) is 6.07 Å². The summed E-state index contributed by atoms with van der Waals surface area (Å²) in [5, 5.41) is 27.7. The van der Waals surface area contributed by atoms with Gasteiger partial charge in [0.1, 0.15) is 0 Å². The van der Waals surface area contributed by atoms with E-state index in [1.54, 1.807) is 0 Å². The molecule has 0 radical (unpaired) electrons. The molecule has 0 aliphatic rings. The van der Waals surface area contributed by atoms with Crippen molar-refractivity contribution < 1.29 is 29.6 Å². The van der Waals surface area contributed by atoms with Crippen LogP contribution < -0.4 is 9.47 Å². The number of hydrogen-bond acceptors (Lipinski definition) is 5. The summed E-state index contributed by atoms with van der Waals surface area (Å²) in [4.78, 5) is 10.8. The number of ether oxygens (including phenoxy) is 2. The van der Waals surface area contributed by atoms with Crippen LogP contribution in [0, 0.1) is 0 Å². The van der Waals surface area contributed by atoms with Crippen LogP contribution in [0.15, 0.2) is 6.07 Å². The fourth-order valence-electron chi connectivity index (χ4n) is 1.18. The summed E-state index contributed by atoms with van der Waals surface area (Å²) < 4.78 is 9.36. The number of phenolic OH excluding ortho intramolecular Hbond substituents is 1. The zero-order valence-corrected chi connectivity index (χ0v) is 8.14. The molecule has 0 heterocycles. The van der Waals surface area contributed by atoms with Gasteiger partial charge < -0.3 is 24.8 Å². The Labute approximate surface area is 85.3 Å². The van der Waals surface area contributed by atoms with E-state index in [1.165, 1.54) is 14.2 Å². The maximum Gasteiger partial charge on any atom is 0.343 e. The number of aromatic carboxylic acids is 1. The van der Waals surface area contributed by atoms with Crippen molar-refractivity contribution in [1.29, 1.82) is 0 Å². The van der Waals surface area contributed by atoms with E-state index in [1.807, 2.05) is 0 Å². The quantitative estimate of drug-likeness (QED) is 0.644. The molecule has 0 amide bonds. The molecule has 1 rings (SSSR count). The van der Waals surface area contributed by atoms with Gasteiger partial charge in [0, 0.05) is 6.07 Å². The van der Waals surface area contributed by atoms with Crippen molar-refractivity contribution in [3.63, 3.8) is 0 Å². The Bertz CT molecular complexity index is 398. The minimum absolute atomic E-state index is 0.134. The van der Waals surface area contributed by atoms with Gasteiger partial charge in [-0.3, -0.25) is 0 Å². The zero-order chi connectivity index (χ0) is 11.6. The molecule has 1 aromatic carbocycles. The van der Waals surface area contributed by atoms with Crippen LogP contribution in [0.5, 0.6) is 23.0 Å². The molecule has 6 nitrogen and oxygen atoms in total. The summed E-state index contributed by atoms with van der Waals surface area (Å²) in [7, 11) is 2.43. The fraction of sp³-hybridized carbons (Fsp3) is 0.222. The van der Waals surface area contributed by atoms with Crippen LogP contribution in [0.1, 0.15) is 10.4 Å². The second-order valence-electron chi connectivity index (χ2n) is 2.66. The Balaban J connectivity index is 3.55. The topological polar surface area (TPSA) is 96.2 Å². The van der Waals surface area contributed by atoms with Crippen molar-refractivity contribution in [2.24, 2.45) is 0 Å². The molecular weight excluding hydrogens is 204 g/mol.